The van der Waals surface area contributed by atoms with E-state index >= 15 is 0 Å². The summed E-state index contributed by atoms with van der Waals surface area (Å²) in [7, 11) is 0. The van der Waals surface area contributed by atoms with Crippen LogP contribution in [0.1, 0.15) is 0 Å². The summed E-state index contributed by atoms with van der Waals surface area (Å²) in [6.45, 7) is 0. The molecule has 3 heteroatoms. The van der Waals surface area contributed by atoms with Crippen molar-refractivity contribution in [2.24, 2.45) is 0 Å². The van der Waals surface area contributed by atoms with Gasteiger partial charge in [-0.1, -0.05) is 164 Å². The second-order valence-corrected chi connectivity index (χ2v) is 13.8. The van der Waals surface area contributed by atoms with Crippen molar-refractivity contribution in [3.8, 4) is 72.8 Å². The normalized spacial score (nSPS) is 11.3. The van der Waals surface area contributed by atoms with Gasteiger partial charge in [0, 0.05) is 22.2 Å². The first kappa shape index (κ1) is 32.3. The van der Waals surface area contributed by atoms with Gasteiger partial charge < -0.3 is 0 Å². The number of nitrogens with zero attached hydrogens (tertiary/aromatic N) is 3. The molecule has 55 heavy (non-hydrogen) atoms. The molecule has 8 aromatic carbocycles. The van der Waals surface area contributed by atoms with Crippen LogP contribution in [0.15, 0.2) is 212 Å². The van der Waals surface area contributed by atoms with Gasteiger partial charge in [-0.25, -0.2) is 9.97 Å². The van der Waals surface area contributed by atoms with Gasteiger partial charge >= 0.3 is 0 Å². The van der Waals surface area contributed by atoms with Crippen LogP contribution in [-0.2, 0) is 0 Å². The summed E-state index contributed by atoms with van der Waals surface area (Å²) in [5.41, 5.74) is 15.1. The number of para-hydroxylation sites is 2. The molecule has 0 unspecified atom stereocenters. The molecule has 0 N–H and O–H groups in total. The molecule has 0 spiro atoms. The van der Waals surface area contributed by atoms with Gasteiger partial charge in [0.15, 0.2) is 5.82 Å². The maximum absolute atomic E-state index is 5.54. The first-order valence-corrected chi connectivity index (χ1v) is 18.7. The molecule has 0 aliphatic rings. The van der Waals surface area contributed by atoms with Gasteiger partial charge in [0.05, 0.1) is 16.6 Å². The third kappa shape index (κ3) is 6.08. The standard InChI is InChI=1S/C52H35N3/c1-5-17-36(18-6-1)39-23-15-24-40(31-39)41-25-16-26-42(32-41)50-49-47-29-13-14-30-48(47)55(46-27-11-4-12-28-46)52(49)54-51(53-50)45-34-43(37-19-7-2-8-20-37)33-44(35-45)38-21-9-3-10-22-38/h1-35H. The second-order valence-electron chi connectivity index (χ2n) is 13.8. The third-order valence-electron chi connectivity index (χ3n) is 10.4. The monoisotopic (exact) mass is 701 g/mol. The Kier molecular flexibility index (Phi) is 8.16. The quantitative estimate of drug-likeness (QED) is 0.166. The fraction of sp³-hybridized carbons (Fsp3) is 0. The largest absolute Gasteiger partial charge is 0.294 e. The van der Waals surface area contributed by atoms with E-state index in [1.807, 2.05) is 0 Å². The minimum Gasteiger partial charge on any atom is -0.294 e. The fourth-order valence-electron chi connectivity index (χ4n) is 7.74. The lowest BCUT2D eigenvalue weighted by atomic mass is 9.95. The summed E-state index contributed by atoms with van der Waals surface area (Å²) in [6, 6.07) is 75.1. The number of hydrogen-bond donors (Lipinski definition) is 0. The number of hydrogen-bond acceptors (Lipinski definition) is 2. The molecule has 2 heterocycles. The SMILES string of the molecule is c1ccc(-c2cccc(-c3cccc(-c4nc(-c5cc(-c6ccccc6)cc(-c6ccccc6)c5)nc5c4c4ccccc4n5-c4ccccc4)c3)c2)cc1. The van der Waals surface area contributed by atoms with Crippen LogP contribution < -0.4 is 0 Å². The van der Waals surface area contributed by atoms with Gasteiger partial charge in [-0.05, 0) is 93.0 Å². The molecule has 0 atom stereocenters. The summed E-state index contributed by atoms with van der Waals surface area (Å²) in [4.78, 5) is 11.0. The van der Waals surface area contributed by atoms with Crippen molar-refractivity contribution in [1.82, 2.24) is 14.5 Å². The predicted octanol–water partition coefficient (Wildman–Crippen LogP) is 13.6. The molecule has 0 saturated carbocycles. The van der Waals surface area contributed by atoms with E-state index in [0.717, 1.165) is 77.8 Å². The molecule has 0 saturated heterocycles. The zero-order valence-electron chi connectivity index (χ0n) is 30.0. The van der Waals surface area contributed by atoms with Crippen LogP contribution in [0.4, 0.5) is 0 Å². The molecular weight excluding hydrogens is 667 g/mol. The molecule has 0 radical (unpaired) electrons. The molecule has 2 aromatic heterocycles. The lowest BCUT2D eigenvalue weighted by Gasteiger charge is -2.14. The molecule has 0 fully saturated rings. The Bertz CT molecular complexity index is 2890. The van der Waals surface area contributed by atoms with Crippen molar-refractivity contribution in [3.05, 3.63) is 212 Å². The predicted molar refractivity (Wildman–Crippen MR) is 229 cm³/mol. The molecule has 0 bridgehead atoms. The molecule has 10 rings (SSSR count). The van der Waals surface area contributed by atoms with Crippen LogP contribution >= 0.6 is 0 Å². The first-order valence-electron chi connectivity index (χ1n) is 18.7. The van der Waals surface area contributed by atoms with E-state index in [9.17, 15) is 0 Å². The molecule has 258 valence electrons. The summed E-state index contributed by atoms with van der Waals surface area (Å²) in [6.07, 6.45) is 0. The Hall–Kier alpha value is -7.36. The molecule has 10 aromatic rings. The van der Waals surface area contributed by atoms with Crippen molar-refractivity contribution in [2.75, 3.05) is 0 Å². The second kappa shape index (κ2) is 13.9. The Morgan fingerprint density at radius 1 is 0.309 bits per heavy atom. The van der Waals surface area contributed by atoms with Crippen molar-refractivity contribution in [3.63, 3.8) is 0 Å². The lowest BCUT2D eigenvalue weighted by molar-refractivity contribution is 1.11. The lowest BCUT2D eigenvalue weighted by Crippen LogP contribution is -2.00. The maximum Gasteiger partial charge on any atom is 0.162 e. The average Bonchev–Trinajstić information content (AvgIpc) is 3.61. The zero-order chi connectivity index (χ0) is 36.6. The van der Waals surface area contributed by atoms with E-state index in [2.05, 4.69) is 217 Å². The van der Waals surface area contributed by atoms with E-state index in [1.54, 1.807) is 0 Å². The molecule has 0 aliphatic carbocycles. The topological polar surface area (TPSA) is 30.7 Å². The van der Waals surface area contributed by atoms with Gasteiger partial charge in [-0.3, -0.25) is 4.57 Å². The van der Waals surface area contributed by atoms with Crippen LogP contribution in [0.2, 0.25) is 0 Å². The van der Waals surface area contributed by atoms with E-state index in [4.69, 9.17) is 9.97 Å². The van der Waals surface area contributed by atoms with Crippen LogP contribution in [0.25, 0.3) is 94.8 Å². The Balaban J connectivity index is 1.24. The molecule has 0 aliphatic heterocycles. The summed E-state index contributed by atoms with van der Waals surface area (Å²) in [5.74, 6) is 0.675. The summed E-state index contributed by atoms with van der Waals surface area (Å²) < 4.78 is 2.28. The van der Waals surface area contributed by atoms with Gasteiger partial charge in [0.2, 0.25) is 0 Å². The summed E-state index contributed by atoms with van der Waals surface area (Å²) >= 11 is 0. The maximum atomic E-state index is 5.54. The molecule has 0 amide bonds. The highest BCUT2D eigenvalue weighted by atomic mass is 15.1. The minimum absolute atomic E-state index is 0.675. The number of fused-ring (bicyclic) bond motifs is 3. The van der Waals surface area contributed by atoms with Crippen LogP contribution in [0, 0.1) is 0 Å². The van der Waals surface area contributed by atoms with E-state index < -0.39 is 0 Å². The van der Waals surface area contributed by atoms with E-state index in [1.165, 1.54) is 11.1 Å². The molecule has 3 nitrogen and oxygen atoms in total. The van der Waals surface area contributed by atoms with Gasteiger partial charge in [0.1, 0.15) is 5.65 Å². The minimum atomic E-state index is 0.675. The Morgan fingerprint density at radius 2 is 0.727 bits per heavy atom. The highest BCUT2D eigenvalue weighted by Gasteiger charge is 2.22. The highest BCUT2D eigenvalue weighted by molar-refractivity contribution is 6.14. The smallest absolute Gasteiger partial charge is 0.162 e. The van der Waals surface area contributed by atoms with Gasteiger partial charge in [-0.2, -0.15) is 0 Å². The highest BCUT2D eigenvalue weighted by Crippen LogP contribution is 2.40. The molecular formula is C52H35N3. The number of rotatable bonds is 7. The van der Waals surface area contributed by atoms with E-state index in [0.29, 0.717) is 5.82 Å². The number of aromatic nitrogens is 3. The van der Waals surface area contributed by atoms with Crippen molar-refractivity contribution in [1.29, 1.82) is 0 Å². The third-order valence-corrected chi connectivity index (χ3v) is 10.4. The first-order chi connectivity index (χ1) is 27.3. The summed E-state index contributed by atoms with van der Waals surface area (Å²) in [5, 5.41) is 2.14. The van der Waals surface area contributed by atoms with Gasteiger partial charge in [-0.15, -0.1) is 0 Å². The number of benzene rings is 8. The van der Waals surface area contributed by atoms with Crippen molar-refractivity contribution in [2.45, 2.75) is 0 Å². The van der Waals surface area contributed by atoms with Crippen LogP contribution in [0.5, 0.6) is 0 Å². The Morgan fingerprint density at radius 3 is 1.33 bits per heavy atom. The average molecular weight is 702 g/mol. The van der Waals surface area contributed by atoms with Gasteiger partial charge in [0.25, 0.3) is 0 Å². The van der Waals surface area contributed by atoms with Crippen molar-refractivity contribution < 1.29 is 0 Å². The van der Waals surface area contributed by atoms with Crippen molar-refractivity contribution >= 4 is 21.9 Å². The Labute approximate surface area is 320 Å². The van der Waals surface area contributed by atoms with Crippen LogP contribution in [0.3, 0.4) is 0 Å². The van der Waals surface area contributed by atoms with E-state index in [-0.39, 0.29) is 0 Å². The fourth-order valence-corrected chi connectivity index (χ4v) is 7.74. The zero-order valence-corrected chi connectivity index (χ0v) is 30.0. The van der Waals surface area contributed by atoms with Crippen LogP contribution in [-0.4, -0.2) is 14.5 Å².